The maximum absolute atomic E-state index is 14.9. The van der Waals surface area contributed by atoms with Gasteiger partial charge in [0.05, 0.1) is 19.8 Å². The number of rotatable bonds is 12. The van der Waals surface area contributed by atoms with Crippen LogP contribution in [0.4, 0.5) is 13.2 Å². The molecule has 0 amide bonds. The van der Waals surface area contributed by atoms with Crippen molar-refractivity contribution in [1.82, 2.24) is 0 Å². The lowest BCUT2D eigenvalue weighted by Crippen LogP contribution is -2.26. The lowest BCUT2D eigenvalue weighted by Gasteiger charge is -2.28. The van der Waals surface area contributed by atoms with Crippen molar-refractivity contribution in [2.24, 2.45) is 5.92 Å². The quantitative estimate of drug-likeness (QED) is 0.170. The van der Waals surface area contributed by atoms with E-state index in [0.29, 0.717) is 36.5 Å². The van der Waals surface area contributed by atoms with Gasteiger partial charge in [0.15, 0.2) is 17.9 Å². The summed E-state index contributed by atoms with van der Waals surface area (Å²) in [7, 11) is 0. The predicted molar refractivity (Wildman–Crippen MR) is 149 cm³/mol. The standard InChI is InChI=1S/C33H37F3O3/c1-3-5-6-7-8-9-19-37-30-18-17-27(31(35)32(30)36)25-13-11-24(12-14-25)26-15-16-28(29(34)20-26)33-38-21-23(10-4-2)22-39-33/h4,10-18,20,23,33H,3,5-9,19,21-22H2,1-2H3/b10-4+. The Kier molecular flexibility index (Phi) is 10.6. The van der Waals surface area contributed by atoms with Crippen molar-refractivity contribution in [3.63, 3.8) is 0 Å². The van der Waals surface area contributed by atoms with Gasteiger partial charge in [0.1, 0.15) is 5.82 Å². The van der Waals surface area contributed by atoms with Crippen molar-refractivity contribution in [3.05, 3.63) is 89.8 Å². The number of unbranched alkanes of at least 4 members (excludes halogenated alkanes) is 5. The van der Waals surface area contributed by atoms with E-state index in [-0.39, 0.29) is 17.2 Å². The minimum Gasteiger partial charge on any atom is -0.490 e. The van der Waals surface area contributed by atoms with Crippen molar-refractivity contribution < 1.29 is 27.4 Å². The average Bonchev–Trinajstić information content (AvgIpc) is 2.95. The molecule has 1 fully saturated rings. The maximum Gasteiger partial charge on any atom is 0.201 e. The number of ether oxygens (including phenoxy) is 3. The van der Waals surface area contributed by atoms with Crippen LogP contribution in [0.1, 0.15) is 64.2 Å². The van der Waals surface area contributed by atoms with Gasteiger partial charge in [0.25, 0.3) is 0 Å². The van der Waals surface area contributed by atoms with Crippen molar-refractivity contribution in [3.8, 4) is 28.0 Å². The van der Waals surface area contributed by atoms with E-state index >= 15 is 0 Å². The molecule has 0 bridgehead atoms. The van der Waals surface area contributed by atoms with Crippen LogP contribution in [0.15, 0.2) is 66.7 Å². The van der Waals surface area contributed by atoms with Crippen molar-refractivity contribution in [2.75, 3.05) is 19.8 Å². The molecular formula is C33H37F3O3. The molecule has 3 aromatic rings. The van der Waals surface area contributed by atoms with Crippen LogP contribution >= 0.6 is 0 Å². The minimum absolute atomic E-state index is 0.0692. The Bertz CT molecular complexity index is 1230. The van der Waals surface area contributed by atoms with Crippen LogP contribution in [0.5, 0.6) is 5.75 Å². The summed E-state index contributed by atoms with van der Waals surface area (Å²) in [5.41, 5.74) is 2.44. The highest BCUT2D eigenvalue weighted by Gasteiger charge is 2.24. The van der Waals surface area contributed by atoms with E-state index in [1.54, 1.807) is 36.4 Å². The molecule has 1 aliphatic rings. The van der Waals surface area contributed by atoms with E-state index in [1.807, 2.05) is 19.1 Å². The summed E-state index contributed by atoms with van der Waals surface area (Å²) in [6.45, 7) is 5.42. The highest BCUT2D eigenvalue weighted by atomic mass is 19.2. The molecule has 1 aliphatic heterocycles. The van der Waals surface area contributed by atoms with Crippen LogP contribution in [-0.4, -0.2) is 19.8 Å². The van der Waals surface area contributed by atoms with Crippen LogP contribution in [0.25, 0.3) is 22.3 Å². The van der Waals surface area contributed by atoms with Gasteiger partial charge in [0, 0.05) is 17.0 Å². The van der Waals surface area contributed by atoms with Crippen molar-refractivity contribution in [1.29, 1.82) is 0 Å². The van der Waals surface area contributed by atoms with Gasteiger partial charge in [-0.2, -0.15) is 4.39 Å². The number of hydrogen-bond acceptors (Lipinski definition) is 3. The first-order valence-electron chi connectivity index (χ1n) is 13.9. The van der Waals surface area contributed by atoms with Crippen LogP contribution in [0.2, 0.25) is 0 Å². The fourth-order valence-corrected chi connectivity index (χ4v) is 4.75. The van der Waals surface area contributed by atoms with E-state index in [9.17, 15) is 13.2 Å². The van der Waals surface area contributed by atoms with Crippen molar-refractivity contribution >= 4 is 0 Å². The molecule has 0 spiro atoms. The Balaban J connectivity index is 1.38. The molecule has 0 aromatic heterocycles. The number of allylic oxidation sites excluding steroid dienone is 1. The molecule has 0 N–H and O–H groups in total. The van der Waals surface area contributed by atoms with Crippen LogP contribution in [0.3, 0.4) is 0 Å². The zero-order valence-corrected chi connectivity index (χ0v) is 22.7. The van der Waals surface area contributed by atoms with Gasteiger partial charge in [-0.25, -0.2) is 8.78 Å². The lowest BCUT2D eigenvalue weighted by atomic mass is 9.98. The molecule has 39 heavy (non-hydrogen) atoms. The van der Waals surface area contributed by atoms with E-state index in [2.05, 4.69) is 6.92 Å². The molecule has 3 aromatic carbocycles. The zero-order valence-electron chi connectivity index (χ0n) is 22.7. The Morgan fingerprint density at radius 3 is 2.15 bits per heavy atom. The van der Waals surface area contributed by atoms with Gasteiger partial charge in [-0.05, 0) is 48.2 Å². The monoisotopic (exact) mass is 538 g/mol. The number of benzene rings is 3. The van der Waals surface area contributed by atoms with Gasteiger partial charge < -0.3 is 14.2 Å². The second-order valence-electron chi connectivity index (χ2n) is 9.95. The normalized spacial score (nSPS) is 17.6. The van der Waals surface area contributed by atoms with Crippen molar-refractivity contribution in [2.45, 2.75) is 58.7 Å². The maximum atomic E-state index is 14.9. The van der Waals surface area contributed by atoms with E-state index in [1.165, 1.54) is 37.5 Å². The molecule has 1 saturated heterocycles. The first-order valence-corrected chi connectivity index (χ1v) is 13.9. The van der Waals surface area contributed by atoms with Gasteiger partial charge >= 0.3 is 0 Å². The largest absolute Gasteiger partial charge is 0.490 e. The molecule has 3 nitrogen and oxygen atoms in total. The molecule has 0 atom stereocenters. The minimum atomic E-state index is -0.982. The van der Waals surface area contributed by atoms with Crippen LogP contribution in [-0.2, 0) is 9.47 Å². The summed E-state index contributed by atoms with van der Waals surface area (Å²) >= 11 is 0. The fraction of sp³-hybridized carbons (Fsp3) is 0.394. The van der Waals surface area contributed by atoms with E-state index < -0.39 is 23.7 Å². The average molecular weight is 539 g/mol. The topological polar surface area (TPSA) is 27.7 Å². The third kappa shape index (κ3) is 7.52. The molecular weight excluding hydrogens is 501 g/mol. The summed E-state index contributed by atoms with van der Waals surface area (Å²) in [5.74, 6) is -2.25. The molecule has 0 unspecified atom stereocenters. The molecule has 6 heteroatoms. The van der Waals surface area contributed by atoms with Crippen LogP contribution in [0, 0.1) is 23.4 Å². The molecule has 4 rings (SSSR count). The Hall–Kier alpha value is -3.09. The summed E-state index contributed by atoms with van der Waals surface area (Å²) in [6.07, 6.45) is 9.77. The Labute approximate surface area is 229 Å². The SMILES string of the molecule is C/C=C/C1COC(c2ccc(-c3ccc(-c4ccc(OCCCCCCCC)c(F)c4F)cc3)cc2F)OC1. The van der Waals surface area contributed by atoms with E-state index in [0.717, 1.165) is 24.8 Å². The first-order chi connectivity index (χ1) is 19.0. The van der Waals surface area contributed by atoms with Gasteiger partial charge in [-0.3, -0.25) is 0 Å². The third-order valence-corrected chi connectivity index (χ3v) is 6.97. The second-order valence-corrected chi connectivity index (χ2v) is 9.95. The molecule has 1 heterocycles. The highest BCUT2D eigenvalue weighted by Crippen LogP contribution is 2.33. The number of halogens is 3. The number of hydrogen-bond donors (Lipinski definition) is 0. The highest BCUT2D eigenvalue weighted by molar-refractivity contribution is 5.71. The smallest absolute Gasteiger partial charge is 0.201 e. The first kappa shape index (κ1) is 28.9. The molecule has 0 radical (unpaired) electrons. The van der Waals surface area contributed by atoms with E-state index in [4.69, 9.17) is 14.2 Å². The van der Waals surface area contributed by atoms with Gasteiger partial charge in [-0.1, -0.05) is 87.6 Å². The predicted octanol–water partition coefficient (Wildman–Crippen LogP) is 9.41. The molecule has 0 aliphatic carbocycles. The third-order valence-electron chi connectivity index (χ3n) is 6.97. The van der Waals surface area contributed by atoms with Gasteiger partial charge in [0.2, 0.25) is 5.82 Å². The molecule has 208 valence electrons. The summed E-state index contributed by atoms with van der Waals surface area (Å²) < 4.78 is 61.5. The summed E-state index contributed by atoms with van der Waals surface area (Å²) in [5, 5.41) is 0. The summed E-state index contributed by atoms with van der Waals surface area (Å²) in [4.78, 5) is 0. The molecule has 0 saturated carbocycles. The second kappa shape index (κ2) is 14.3. The summed E-state index contributed by atoms with van der Waals surface area (Å²) in [6, 6.07) is 14.8. The van der Waals surface area contributed by atoms with Crippen LogP contribution < -0.4 is 4.74 Å². The van der Waals surface area contributed by atoms with Gasteiger partial charge in [-0.15, -0.1) is 0 Å². The Morgan fingerprint density at radius 1 is 0.795 bits per heavy atom. The zero-order chi connectivity index (χ0) is 27.6. The Morgan fingerprint density at radius 2 is 1.46 bits per heavy atom. The lowest BCUT2D eigenvalue weighted by molar-refractivity contribution is -0.198. The fourth-order valence-electron chi connectivity index (χ4n) is 4.75.